The molecule has 56 valence electrons. The number of hydrogen-bond acceptors (Lipinski definition) is 1. The summed E-state index contributed by atoms with van der Waals surface area (Å²) in [5, 5.41) is 0. The molecule has 2 rings (SSSR count). The van der Waals surface area contributed by atoms with E-state index in [0.29, 0.717) is 0 Å². The van der Waals surface area contributed by atoms with Gasteiger partial charge in [-0.05, 0) is 25.8 Å². The Kier molecular flexibility index (Phi) is 1.34. The van der Waals surface area contributed by atoms with Crippen molar-refractivity contribution in [2.75, 3.05) is 13.1 Å². The van der Waals surface area contributed by atoms with Crippen LogP contribution in [0.4, 0.5) is 0 Å². The molecule has 10 heavy (non-hydrogen) atoms. The molecule has 1 fully saturated rings. The largest absolute Gasteiger partial charge is 0.297 e. The third-order valence-electron chi connectivity index (χ3n) is 2.96. The van der Waals surface area contributed by atoms with Gasteiger partial charge in [0.1, 0.15) is 0 Å². The van der Waals surface area contributed by atoms with E-state index in [1.807, 2.05) is 0 Å². The maximum absolute atomic E-state index is 2.57. The van der Waals surface area contributed by atoms with Gasteiger partial charge in [-0.25, -0.2) is 0 Å². The van der Waals surface area contributed by atoms with Gasteiger partial charge < -0.3 is 0 Å². The maximum Gasteiger partial charge on any atom is 0.0287 e. The molecule has 0 aromatic heterocycles. The minimum absolute atomic E-state index is 0.801. The fourth-order valence-electron chi connectivity index (χ4n) is 2.24. The lowest BCUT2D eigenvalue weighted by Crippen LogP contribution is -2.30. The molecule has 1 nitrogen and oxygen atoms in total. The Morgan fingerprint density at radius 1 is 1.70 bits per heavy atom. The topological polar surface area (TPSA) is 3.24 Å². The second-order valence-corrected chi connectivity index (χ2v) is 3.50. The molecule has 0 saturated carbocycles. The molecule has 2 atom stereocenters. The number of likely N-dealkylation sites (N-methyl/N-ethyl adjacent to an activating group) is 1. The number of likely N-dealkylation sites (tertiary alicyclic amines) is 1. The van der Waals surface area contributed by atoms with Crippen molar-refractivity contribution in [3.05, 3.63) is 11.6 Å². The van der Waals surface area contributed by atoms with Crippen LogP contribution in [-0.4, -0.2) is 24.0 Å². The summed E-state index contributed by atoms with van der Waals surface area (Å²) >= 11 is 0. The van der Waals surface area contributed by atoms with Gasteiger partial charge in [-0.3, -0.25) is 4.90 Å². The molecule has 1 saturated heterocycles. The van der Waals surface area contributed by atoms with Gasteiger partial charge in [0.2, 0.25) is 0 Å². The second kappa shape index (κ2) is 2.09. The molecule has 0 aromatic rings. The number of rotatable bonds is 1. The van der Waals surface area contributed by atoms with Crippen molar-refractivity contribution in [3.63, 3.8) is 0 Å². The highest BCUT2D eigenvalue weighted by molar-refractivity contribution is 5.21. The molecule has 1 aliphatic carbocycles. The highest BCUT2D eigenvalue weighted by atomic mass is 15.2. The number of nitrogens with zero attached hydrogens (tertiary/aromatic N) is 1. The molecule has 0 spiro atoms. The summed E-state index contributed by atoms with van der Waals surface area (Å²) in [4.78, 5) is 2.57. The van der Waals surface area contributed by atoms with Crippen LogP contribution in [0.5, 0.6) is 0 Å². The molecule has 1 aliphatic heterocycles. The smallest absolute Gasteiger partial charge is 0.0287 e. The summed E-state index contributed by atoms with van der Waals surface area (Å²) in [6.07, 6.45) is 3.84. The average molecular weight is 137 g/mol. The zero-order valence-electron chi connectivity index (χ0n) is 6.80. The SMILES string of the molecule is CCN1CC2CC1C=C2C. The lowest BCUT2D eigenvalue weighted by molar-refractivity contribution is 0.292. The third kappa shape index (κ3) is 0.734. The van der Waals surface area contributed by atoms with Crippen LogP contribution in [-0.2, 0) is 0 Å². The standard InChI is InChI=1S/C9H15N/c1-3-10-6-8-5-9(10)4-7(8)2/h4,8-9H,3,5-6H2,1-2H3. The zero-order chi connectivity index (χ0) is 7.14. The van der Waals surface area contributed by atoms with Crippen LogP contribution < -0.4 is 0 Å². The molecule has 1 heterocycles. The van der Waals surface area contributed by atoms with E-state index in [1.165, 1.54) is 19.5 Å². The first kappa shape index (κ1) is 6.41. The predicted molar refractivity (Wildman–Crippen MR) is 42.9 cm³/mol. The Hall–Kier alpha value is -0.300. The van der Waals surface area contributed by atoms with E-state index in [9.17, 15) is 0 Å². The van der Waals surface area contributed by atoms with Crippen LogP contribution in [0, 0.1) is 5.92 Å². The van der Waals surface area contributed by atoms with Crippen molar-refractivity contribution in [1.29, 1.82) is 0 Å². The highest BCUT2D eigenvalue weighted by Crippen LogP contribution is 2.36. The monoisotopic (exact) mass is 137 g/mol. The number of fused-ring (bicyclic) bond motifs is 2. The van der Waals surface area contributed by atoms with Gasteiger partial charge in [0, 0.05) is 12.6 Å². The Bertz CT molecular complexity index is 172. The fraction of sp³-hybridized carbons (Fsp3) is 0.778. The molecule has 2 unspecified atom stereocenters. The average Bonchev–Trinajstić information content (AvgIpc) is 2.44. The van der Waals surface area contributed by atoms with Gasteiger partial charge in [-0.2, -0.15) is 0 Å². The van der Waals surface area contributed by atoms with Crippen LogP contribution in [0.25, 0.3) is 0 Å². The van der Waals surface area contributed by atoms with Crippen molar-refractivity contribution in [3.8, 4) is 0 Å². The van der Waals surface area contributed by atoms with E-state index in [2.05, 4.69) is 24.8 Å². The molecule has 2 aliphatic rings. The van der Waals surface area contributed by atoms with Gasteiger partial charge in [0.05, 0.1) is 0 Å². The lowest BCUT2D eigenvalue weighted by Gasteiger charge is -2.22. The Morgan fingerprint density at radius 3 is 2.90 bits per heavy atom. The first-order valence-corrected chi connectivity index (χ1v) is 4.23. The van der Waals surface area contributed by atoms with Gasteiger partial charge >= 0.3 is 0 Å². The number of hydrogen-bond donors (Lipinski definition) is 0. The molecule has 0 aromatic carbocycles. The van der Waals surface area contributed by atoms with E-state index in [-0.39, 0.29) is 0 Å². The van der Waals surface area contributed by atoms with Crippen molar-refractivity contribution in [1.82, 2.24) is 4.90 Å². The van der Waals surface area contributed by atoms with E-state index in [4.69, 9.17) is 0 Å². The molecule has 0 amide bonds. The highest BCUT2D eigenvalue weighted by Gasteiger charge is 2.35. The summed E-state index contributed by atoms with van der Waals surface area (Å²) in [7, 11) is 0. The van der Waals surface area contributed by atoms with Gasteiger partial charge in [0.15, 0.2) is 0 Å². The van der Waals surface area contributed by atoms with Crippen LogP contribution in [0.1, 0.15) is 20.3 Å². The maximum atomic E-state index is 2.57. The van der Waals surface area contributed by atoms with Crippen molar-refractivity contribution in [2.24, 2.45) is 5.92 Å². The fourth-order valence-corrected chi connectivity index (χ4v) is 2.24. The van der Waals surface area contributed by atoms with E-state index < -0.39 is 0 Å². The second-order valence-electron chi connectivity index (χ2n) is 3.50. The molecule has 2 bridgehead atoms. The van der Waals surface area contributed by atoms with Crippen molar-refractivity contribution < 1.29 is 0 Å². The van der Waals surface area contributed by atoms with Crippen molar-refractivity contribution >= 4 is 0 Å². The summed E-state index contributed by atoms with van der Waals surface area (Å²) < 4.78 is 0. The molecular weight excluding hydrogens is 122 g/mol. The minimum Gasteiger partial charge on any atom is -0.297 e. The zero-order valence-corrected chi connectivity index (χ0v) is 6.80. The van der Waals surface area contributed by atoms with Gasteiger partial charge in [0.25, 0.3) is 0 Å². The lowest BCUT2D eigenvalue weighted by atomic mass is 10.1. The summed E-state index contributed by atoms with van der Waals surface area (Å²) in [5.74, 6) is 0.907. The van der Waals surface area contributed by atoms with Crippen LogP contribution >= 0.6 is 0 Å². The quantitative estimate of drug-likeness (QED) is 0.497. The normalized spacial score (nSPS) is 38.8. The Balaban J connectivity index is 2.14. The van der Waals surface area contributed by atoms with E-state index in [1.54, 1.807) is 5.57 Å². The van der Waals surface area contributed by atoms with E-state index in [0.717, 1.165) is 12.0 Å². The van der Waals surface area contributed by atoms with Crippen LogP contribution in [0.3, 0.4) is 0 Å². The first-order valence-electron chi connectivity index (χ1n) is 4.23. The predicted octanol–water partition coefficient (Wildman–Crippen LogP) is 1.66. The molecule has 0 radical (unpaired) electrons. The third-order valence-corrected chi connectivity index (χ3v) is 2.96. The molecule has 0 N–H and O–H groups in total. The van der Waals surface area contributed by atoms with Crippen LogP contribution in [0.15, 0.2) is 11.6 Å². The molecule has 1 heteroatoms. The van der Waals surface area contributed by atoms with Crippen molar-refractivity contribution in [2.45, 2.75) is 26.3 Å². The summed E-state index contributed by atoms with van der Waals surface area (Å²) in [5.41, 5.74) is 1.63. The first-order chi connectivity index (χ1) is 4.81. The minimum atomic E-state index is 0.801. The van der Waals surface area contributed by atoms with Gasteiger partial charge in [-0.15, -0.1) is 0 Å². The Labute approximate surface area is 62.7 Å². The summed E-state index contributed by atoms with van der Waals surface area (Å²) in [6, 6.07) is 0.801. The van der Waals surface area contributed by atoms with E-state index >= 15 is 0 Å². The van der Waals surface area contributed by atoms with Gasteiger partial charge in [-0.1, -0.05) is 18.6 Å². The van der Waals surface area contributed by atoms with Crippen LogP contribution in [0.2, 0.25) is 0 Å². The Morgan fingerprint density at radius 2 is 2.50 bits per heavy atom. The summed E-state index contributed by atoms with van der Waals surface area (Å²) in [6.45, 7) is 7.08. The molecular formula is C9H15N.